The van der Waals surface area contributed by atoms with Crippen LogP contribution in [-0.2, 0) is 9.59 Å². The van der Waals surface area contributed by atoms with Crippen molar-refractivity contribution in [2.45, 2.75) is 26.3 Å². The van der Waals surface area contributed by atoms with Crippen LogP contribution < -0.4 is 4.74 Å². The van der Waals surface area contributed by atoms with Crippen LogP contribution in [0, 0.1) is 6.92 Å². The molecule has 2 aromatic carbocycles. The summed E-state index contributed by atoms with van der Waals surface area (Å²) in [5.41, 5.74) is 2.22. The lowest BCUT2D eigenvalue weighted by Crippen LogP contribution is -2.32. The summed E-state index contributed by atoms with van der Waals surface area (Å²) in [5.74, 6) is -0.692. The van der Waals surface area contributed by atoms with Crippen molar-refractivity contribution >= 4 is 33.4 Å². The van der Waals surface area contributed by atoms with Crippen molar-refractivity contribution in [3.8, 4) is 5.75 Å². The van der Waals surface area contributed by atoms with E-state index in [1.807, 2.05) is 57.1 Å². The largest absolute Gasteiger partial charge is 0.507 e. The van der Waals surface area contributed by atoms with Gasteiger partial charge in [0.05, 0.1) is 18.2 Å². The van der Waals surface area contributed by atoms with Crippen molar-refractivity contribution < 1.29 is 19.4 Å². The maximum atomic E-state index is 13.1. The molecule has 0 saturated carbocycles. The first kappa shape index (κ1) is 24.0. The average Bonchev–Trinajstić information content (AvgIpc) is 3.00. The molecule has 2 aromatic rings. The SMILES string of the molecule is CCOc1ccc(/C(O)=C2/C(=O)C(=O)N(CCCN(C)C)C2c2ccc(Br)cc2)cc1C. The molecule has 1 saturated heterocycles. The van der Waals surface area contributed by atoms with Crippen molar-refractivity contribution in [2.75, 3.05) is 33.8 Å². The maximum absolute atomic E-state index is 13.1. The summed E-state index contributed by atoms with van der Waals surface area (Å²) in [6.45, 7) is 5.53. The number of likely N-dealkylation sites (tertiary alicyclic amines) is 1. The van der Waals surface area contributed by atoms with Gasteiger partial charge in [0.2, 0.25) is 0 Å². The van der Waals surface area contributed by atoms with Crippen molar-refractivity contribution in [3.63, 3.8) is 0 Å². The number of ketones is 1. The summed E-state index contributed by atoms with van der Waals surface area (Å²) in [6, 6.07) is 12.1. The van der Waals surface area contributed by atoms with E-state index in [1.165, 1.54) is 0 Å². The second-order valence-corrected chi connectivity index (χ2v) is 9.03. The van der Waals surface area contributed by atoms with Crippen LogP contribution in [-0.4, -0.2) is 60.4 Å². The molecule has 32 heavy (non-hydrogen) atoms. The Morgan fingerprint density at radius 2 is 1.84 bits per heavy atom. The van der Waals surface area contributed by atoms with E-state index in [9.17, 15) is 14.7 Å². The van der Waals surface area contributed by atoms with E-state index in [0.29, 0.717) is 18.7 Å². The van der Waals surface area contributed by atoms with E-state index < -0.39 is 17.7 Å². The first-order valence-corrected chi connectivity index (χ1v) is 11.5. The van der Waals surface area contributed by atoms with Crippen LogP contribution in [0.4, 0.5) is 0 Å². The number of Topliss-reactive ketones (excluding diaryl/α,β-unsaturated/α-hetero) is 1. The Labute approximate surface area is 197 Å². The van der Waals surface area contributed by atoms with Crippen LogP contribution in [0.1, 0.15) is 36.1 Å². The number of nitrogens with zero attached hydrogens (tertiary/aromatic N) is 2. The molecule has 1 heterocycles. The smallest absolute Gasteiger partial charge is 0.295 e. The van der Waals surface area contributed by atoms with E-state index in [2.05, 4.69) is 15.9 Å². The first-order valence-electron chi connectivity index (χ1n) is 10.7. The maximum Gasteiger partial charge on any atom is 0.295 e. The van der Waals surface area contributed by atoms with Crippen LogP contribution in [0.5, 0.6) is 5.75 Å². The van der Waals surface area contributed by atoms with Gasteiger partial charge in [-0.2, -0.15) is 0 Å². The number of halogens is 1. The van der Waals surface area contributed by atoms with Crippen LogP contribution in [0.25, 0.3) is 5.76 Å². The summed E-state index contributed by atoms with van der Waals surface area (Å²) in [4.78, 5) is 29.7. The minimum absolute atomic E-state index is 0.116. The number of amides is 1. The quantitative estimate of drug-likeness (QED) is 0.327. The van der Waals surface area contributed by atoms with Gasteiger partial charge in [0.25, 0.3) is 11.7 Å². The molecule has 0 radical (unpaired) electrons. The molecule has 170 valence electrons. The third kappa shape index (κ3) is 5.05. The number of aryl methyl sites for hydroxylation is 1. The van der Waals surface area contributed by atoms with Crippen LogP contribution in [0.2, 0.25) is 0 Å². The predicted molar refractivity (Wildman–Crippen MR) is 129 cm³/mol. The molecule has 3 rings (SSSR count). The van der Waals surface area contributed by atoms with Gasteiger partial charge in [-0.3, -0.25) is 9.59 Å². The Bertz CT molecular complexity index is 1030. The number of rotatable bonds is 8. The van der Waals surface area contributed by atoms with E-state index in [0.717, 1.165) is 34.3 Å². The minimum atomic E-state index is -0.660. The molecule has 1 fully saturated rings. The van der Waals surface area contributed by atoms with Gasteiger partial charge in [-0.25, -0.2) is 0 Å². The zero-order chi connectivity index (χ0) is 23.4. The lowest BCUT2D eigenvalue weighted by atomic mass is 9.95. The van der Waals surface area contributed by atoms with Crippen molar-refractivity contribution in [1.29, 1.82) is 0 Å². The van der Waals surface area contributed by atoms with Gasteiger partial charge < -0.3 is 19.6 Å². The molecule has 1 amide bonds. The van der Waals surface area contributed by atoms with Gasteiger partial charge >= 0.3 is 0 Å². The summed E-state index contributed by atoms with van der Waals surface area (Å²) in [5, 5.41) is 11.2. The highest BCUT2D eigenvalue weighted by Crippen LogP contribution is 2.40. The third-order valence-electron chi connectivity index (χ3n) is 5.48. The van der Waals surface area contributed by atoms with Gasteiger partial charge in [-0.1, -0.05) is 28.1 Å². The molecule has 6 nitrogen and oxygen atoms in total. The Morgan fingerprint density at radius 3 is 2.44 bits per heavy atom. The minimum Gasteiger partial charge on any atom is -0.507 e. The Balaban J connectivity index is 2.08. The first-order chi connectivity index (χ1) is 15.2. The summed E-state index contributed by atoms with van der Waals surface area (Å²) < 4.78 is 6.48. The molecule has 1 aliphatic heterocycles. The second-order valence-electron chi connectivity index (χ2n) is 8.11. The molecular weight excluding hydrogens is 472 g/mol. The normalized spacial score (nSPS) is 17.9. The Hall–Kier alpha value is -2.64. The highest BCUT2D eigenvalue weighted by atomic mass is 79.9. The summed E-state index contributed by atoms with van der Waals surface area (Å²) in [6.07, 6.45) is 0.718. The van der Waals surface area contributed by atoms with Gasteiger partial charge in [0.1, 0.15) is 11.5 Å². The number of aliphatic hydroxyl groups excluding tert-OH is 1. The highest BCUT2D eigenvalue weighted by Gasteiger charge is 2.45. The monoisotopic (exact) mass is 500 g/mol. The van der Waals surface area contributed by atoms with Gasteiger partial charge in [0, 0.05) is 16.6 Å². The zero-order valence-electron chi connectivity index (χ0n) is 18.9. The van der Waals surface area contributed by atoms with Crippen LogP contribution in [0.15, 0.2) is 52.5 Å². The molecule has 1 aliphatic rings. The van der Waals surface area contributed by atoms with Gasteiger partial charge in [-0.15, -0.1) is 0 Å². The molecule has 7 heteroatoms. The summed E-state index contributed by atoms with van der Waals surface area (Å²) >= 11 is 3.43. The molecule has 0 bridgehead atoms. The lowest BCUT2D eigenvalue weighted by Gasteiger charge is -2.26. The van der Waals surface area contributed by atoms with Crippen molar-refractivity contribution in [2.24, 2.45) is 0 Å². The Morgan fingerprint density at radius 1 is 1.16 bits per heavy atom. The fraction of sp³-hybridized carbons (Fsp3) is 0.360. The lowest BCUT2D eigenvalue weighted by molar-refractivity contribution is -0.139. The number of ether oxygens (including phenoxy) is 1. The van der Waals surface area contributed by atoms with Crippen molar-refractivity contribution in [3.05, 3.63) is 69.2 Å². The second kappa shape index (κ2) is 10.3. The zero-order valence-corrected chi connectivity index (χ0v) is 20.5. The number of hydrogen-bond donors (Lipinski definition) is 1. The molecule has 1 unspecified atom stereocenters. The molecule has 1 atom stereocenters. The highest BCUT2D eigenvalue weighted by molar-refractivity contribution is 9.10. The molecular formula is C25H29BrN2O4. The summed E-state index contributed by atoms with van der Waals surface area (Å²) in [7, 11) is 3.93. The topological polar surface area (TPSA) is 70.1 Å². The van der Waals surface area contributed by atoms with Crippen LogP contribution >= 0.6 is 15.9 Å². The number of aliphatic hydroxyl groups is 1. The fourth-order valence-corrected chi connectivity index (χ4v) is 4.19. The van der Waals surface area contributed by atoms with Crippen LogP contribution in [0.3, 0.4) is 0 Å². The average molecular weight is 501 g/mol. The fourth-order valence-electron chi connectivity index (χ4n) is 3.93. The van der Waals surface area contributed by atoms with E-state index >= 15 is 0 Å². The number of carbonyl (C=O) groups excluding carboxylic acids is 2. The van der Waals surface area contributed by atoms with E-state index in [-0.39, 0.29) is 11.3 Å². The number of benzene rings is 2. The number of hydrogen-bond acceptors (Lipinski definition) is 5. The molecule has 0 spiro atoms. The Kier molecular flexibility index (Phi) is 7.74. The standard InChI is InChI=1S/C25H29BrN2O4/c1-5-32-20-12-9-18(15-16(20)2)23(29)21-22(17-7-10-19(26)11-8-17)28(25(31)24(21)30)14-6-13-27(3)4/h7-12,15,22,29H,5-6,13-14H2,1-4H3/b23-21-. The predicted octanol–water partition coefficient (Wildman–Crippen LogP) is 4.53. The molecule has 0 aromatic heterocycles. The van der Waals surface area contributed by atoms with Gasteiger partial charge in [-0.05, 0) is 82.4 Å². The van der Waals surface area contributed by atoms with E-state index in [1.54, 1.807) is 23.1 Å². The molecule has 0 aliphatic carbocycles. The van der Waals surface area contributed by atoms with Gasteiger partial charge in [0.15, 0.2) is 0 Å². The number of carbonyl (C=O) groups is 2. The third-order valence-corrected chi connectivity index (χ3v) is 6.01. The van der Waals surface area contributed by atoms with Crippen molar-refractivity contribution in [1.82, 2.24) is 9.80 Å². The van der Waals surface area contributed by atoms with E-state index in [4.69, 9.17) is 4.74 Å². The molecule has 1 N–H and O–H groups in total.